The first kappa shape index (κ1) is 12.9. The number of rotatable bonds is 2. The Morgan fingerprint density at radius 2 is 1.80 bits per heavy atom. The topological polar surface area (TPSA) is 9.23 Å². The second-order valence-corrected chi connectivity index (χ2v) is 7.73. The van der Waals surface area contributed by atoms with Crippen LogP contribution in [0.3, 0.4) is 0 Å². The Hall–Kier alpha value is -0.166. The van der Waals surface area contributed by atoms with E-state index in [0.29, 0.717) is 0 Å². The Labute approximate surface area is 104 Å². The number of hydrogen-bond donors (Lipinski definition) is 0. The van der Waals surface area contributed by atoms with Gasteiger partial charge in [-0.3, -0.25) is 0 Å². The van der Waals surface area contributed by atoms with Crippen molar-refractivity contribution in [1.82, 2.24) is 0 Å². The first-order valence-corrected chi connectivity index (χ1v) is 8.36. The Kier molecular flexibility index (Phi) is 4.11. The van der Waals surface area contributed by atoms with Crippen molar-refractivity contribution >= 4 is 31.0 Å². The van der Waals surface area contributed by atoms with E-state index in [-0.39, 0.29) is 5.41 Å². The van der Waals surface area contributed by atoms with Crippen LogP contribution in [0.15, 0.2) is 18.2 Å². The van der Waals surface area contributed by atoms with Gasteiger partial charge in [0.1, 0.15) is 0 Å². The molecule has 0 unspecified atom stereocenters. The third-order valence-electron chi connectivity index (χ3n) is 2.42. The van der Waals surface area contributed by atoms with Crippen LogP contribution in [-0.2, 0) is 5.41 Å². The zero-order chi connectivity index (χ0) is 11.6. The van der Waals surface area contributed by atoms with E-state index in [2.05, 4.69) is 69.8 Å². The van der Waals surface area contributed by atoms with E-state index >= 15 is 0 Å². The van der Waals surface area contributed by atoms with Crippen LogP contribution in [0.5, 0.6) is 5.75 Å². The fourth-order valence-electron chi connectivity index (χ4n) is 1.45. The number of benzene rings is 1. The van der Waals surface area contributed by atoms with E-state index in [4.69, 9.17) is 4.43 Å². The van der Waals surface area contributed by atoms with Crippen molar-refractivity contribution < 1.29 is 4.43 Å². The standard InChI is InChI=1S/C12H19OSi.Li/c1-12(2,3)10-7-6-8-11(9-10)13-14(4)5;/h6-7,9,14H,1-5H3;. The normalized spacial score (nSPS) is 12.0. The van der Waals surface area contributed by atoms with Crippen LogP contribution in [0.25, 0.3) is 0 Å². The molecule has 1 nitrogen and oxygen atoms in total. The van der Waals surface area contributed by atoms with Crippen LogP contribution in [0.1, 0.15) is 26.3 Å². The van der Waals surface area contributed by atoms with Crippen LogP contribution >= 0.6 is 0 Å². The molecule has 0 aromatic heterocycles. The Bertz CT molecular complexity index is 342. The van der Waals surface area contributed by atoms with E-state index in [1.54, 1.807) is 0 Å². The van der Waals surface area contributed by atoms with Gasteiger partial charge in [-0.25, -0.2) is 0 Å². The summed E-state index contributed by atoms with van der Waals surface area (Å²) in [6.45, 7) is 11.1. The molecule has 78 valence electrons. The minimum absolute atomic E-state index is 0.199. The average Bonchev–Trinajstić information content (AvgIpc) is 2.06. The van der Waals surface area contributed by atoms with Gasteiger partial charge in [-0.1, -0.05) is 0 Å². The van der Waals surface area contributed by atoms with Gasteiger partial charge in [0.05, 0.1) is 0 Å². The Morgan fingerprint density at radius 1 is 1.20 bits per heavy atom. The summed E-state index contributed by atoms with van der Waals surface area (Å²) in [5, 5.41) is 0. The molecule has 0 bridgehead atoms. The van der Waals surface area contributed by atoms with E-state index < -0.39 is 9.04 Å². The quantitative estimate of drug-likeness (QED) is 0.685. The van der Waals surface area contributed by atoms with Gasteiger partial charge in [-0.05, 0) is 0 Å². The zero-order valence-corrected chi connectivity index (χ0v) is 11.9. The SMILES string of the molecule is [Li][c]1ccc(C(C)(C)C)cc1O[SiH](C)C. The average molecular weight is 214 g/mol. The molecule has 0 radical (unpaired) electrons. The molecule has 0 saturated heterocycles. The van der Waals surface area contributed by atoms with E-state index in [0.717, 1.165) is 5.75 Å². The molecular formula is C12H19LiOSi. The summed E-state index contributed by atoms with van der Waals surface area (Å²) >= 11 is 2.11. The van der Waals surface area contributed by atoms with Gasteiger partial charge in [0.15, 0.2) is 0 Å². The molecule has 0 N–H and O–H groups in total. The molecule has 0 aliphatic carbocycles. The third kappa shape index (κ3) is 3.72. The maximum absolute atomic E-state index is 5.92. The molecular weight excluding hydrogens is 195 g/mol. The monoisotopic (exact) mass is 214 g/mol. The van der Waals surface area contributed by atoms with Crippen LogP contribution in [0.2, 0.25) is 13.1 Å². The summed E-state index contributed by atoms with van der Waals surface area (Å²) in [6, 6.07) is 6.55. The van der Waals surface area contributed by atoms with Crippen molar-refractivity contribution in [2.75, 3.05) is 0 Å². The van der Waals surface area contributed by atoms with Gasteiger partial charge >= 0.3 is 104 Å². The molecule has 0 aliphatic heterocycles. The summed E-state index contributed by atoms with van der Waals surface area (Å²) in [6.07, 6.45) is 0. The molecule has 0 atom stereocenters. The van der Waals surface area contributed by atoms with Gasteiger partial charge in [0, 0.05) is 0 Å². The van der Waals surface area contributed by atoms with E-state index in [9.17, 15) is 0 Å². The van der Waals surface area contributed by atoms with Gasteiger partial charge in [-0.2, -0.15) is 0 Å². The van der Waals surface area contributed by atoms with Crippen molar-refractivity contribution in [3.05, 3.63) is 23.8 Å². The van der Waals surface area contributed by atoms with Gasteiger partial charge in [0.2, 0.25) is 0 Å². The van der Waals surface area contributed by atoms with Crippen LogP contribution < -0.4 is 8.66 Å². The Balaban J connectivity index is 3.06. The van der Waals surface area contributed by atoms with Crippen molar-refractivity contribution in [3.63, 3.8) is 0 Å². The van der Waals surface area contributed by atoms with Crippen molar-refractivity contribution in [2.24, 2.45) is 0 Å². The zero-order valence-electron chi connectivity index (χ0n) is 10.7. The predicted molar refractivity (Wildman–Crippen MR) is 70.0 cm³/mol. The van der Waals surface area contributed by atoms with Crippen LogP contribution in [-0.4, -0.2) is 26.8 Å². The fraction of sp³-hybridized carbons (Fsp3) is 0.500. The summed E-state index contributed by atoms with van der Waals surface area (Å²) in [5.74, 6) is 1.07. The first-order chi connectivity index (χ1) is 6.80. The fourth-order valence-corrected chi connectivity index (χ4v) is 2.21. The van der Waals surface area contributed by atoms with Crippen molar-refractivity contribution in [2.45, 2.75) is 39.3 Å². The summed E-state index contributed by atoms with van der Waals surface area (Å²) in [4.78, 5) is 0. The predicted octanol–water partition coefficient (Wildman–Crippen LogP) is 2.14. The van der Waals surface area contributed by atoms with Gasteiger partial charge < -0.3 is 0 Å². The van der Waals surface area contributed by atoms with Crippen LogP contribution in [0.4, 0.5) is 0 Å². The summed E-state index contributed by atoms with van der Waals surface area (Å²) in [5.41, 5.74) is 1.54. The first-order valence-electron chi connectivity index (χ1n) is 5.58. The minimum atomic E-state index is -1.000. The molecule has 0 aliphatic rings. The molecule has 3 heteroatoms. The molecule has 0 heterocycles. The van der Waals surface area contributed by atoms with Crippen molar-refractivity contribution in [3.8, 4) is 5.75 Å². The summed E-state index contributed by atoms with van der Waals surface area (Å²) in [7, 11) is -1.000. The molecule has 0 saturated carbocycles. The molecule has 1 aromatic carbocycles. The molecule has 0 amide bonds. The van der Waals surface area contributed by atoms with Gasteiger partial charge in [0.25, 0.3) is 0 Å². The molecule has 1 aromatic rings. The third-order valence-corrected chi connectivity index (χ3v) is 3.14. The molecule has 1 rings (SSSR count). The molecule has 0 spiro atoms. The van der Waals surface area contributed by atoms with Gasteiger partial charge in [-0.15, -0.1) is 0 Å². The molecule has 0 fully saturated rings. The maximum atomic E-state index is 5.92. The molecule has 15 heavy (non-hydrogen) atoms. The van der Waals surface area contributed by atoms with E-state index in [1.807, 2.05) is 0 Å². The second-order valence-electron chi connectivity index (χ2n) is 5.40. The Morgan fingerprint density at radius 3 is 2.27 bits per heavy atom. The van der Waals surface area contributed by atoms with Crippen LogP contribution in [0, 0.1) is 0 Å². The van der Waals surface area contributed by atoms with E-state index in [1.165, 1.54) is 9.80 Å². The van der Waals surface area contributed by atoms with Crippen molar-refractivity contribution in [1.29, 1.82) is 0 Å². The number of hydrogen-bond acceptors (Lipinski definition) is 1. The summed E-state index contributed by atoms with van der Waals surface area (Å²) < 4.78 is 7.16. The second kappa shape index (κ2) is 4.78.